The minimum absolute atomic E-state index is 0.0386. The number of nitriles is 2. The molecule has 0 aromatic carbocycles. The molecule has 17 heavy (non-hydrogen) atoms. The Morgan fingerprint density at radius 2 is 1.88 bits per heavy atom. The first-order valence-corrected chi connectivity index (χ1v) is 5.73. The molecule has 0 saturated heterocycles. The number of carbonyl (C=O) groups excluding carboxylic acids is 1. The average Bonchev–Trinajstić information content (AvgIpc) is 2.72. The minimum atomic E-state index is -0.167. The number of nitrogens with zero attached hydrogens (tertiary/aromatic N) is 2. The number of carbonyl (C=O) groups is 1. The van der Waals surface area contributed by atoms with Gasteiger partial charge in [-0.2, -0.15) is 10.5 Å². The van der Waals surface area contributed by atoms with E-state index in [0.29, 0.717) is 16.0 Å². The lowest BCUT2D eigenvalue weighted by Gasteiger charge is -1.97. The first-order valence-electron chi connectivity index (χ1n) is 4.91. The van der Waals surface area contributed by atoms with Crippen LogP contribution in [0.5, 0.6) is 0 Å². The van der Waals surface area contributed by atoms with E-state index < -0.39 is 0 Å². The molecule has 0 spiro atoms. The van der Waals surface area contributed by atoms with Gasteiger partial charge >= 0.3 is 0 Å². The van der Waals surface area contributed by atoms with Gasteiger partial charge in [0.25, 0.3) is 0 Å². The fraction of sp³-hybridized carbons (Fsp3) is 0.154. The molecule has 3 nitrogen and oxygen atoms in total. The summed E-state index contributed by atoms with van der Waals surface area (Å²) >= 11 is 1.44. The summed E-state index contributed by atoms with van der Waals surface area (Å²) in [5.41, 5.74) is 2.16. The SMILES string of the molecule is C=C1C(=O)c2c(sc(C)c2C)C1=C(C#N)C#N. The molecule has 0 bridgehead atoms. The van der Waals surface area contributed by atoms with Crippen LogP contribution >= 0.6 is 11.3 Å². The Labute approximate surface area is 103 Å². The van der Waals surface area contributed by atoms with Crippen LogP contribution < -0.4 is 0 Å². The Balaban J connectivity index is 2.88. The van der Waals surface area contributed by atoms with E-state index in [0.717, 1.165) is 10.4 Å². The minimum Gasteiger partial charge on any atom is -0.289 e. The van der Waals surface area contributed by atoms with Crippen molar-refractivity contribution < 1.29 is 4.79 Å². The van der Waals surface area contributed by atoms with Crippen molar-refractivity contribution in [2.75, 3.05) is 0 Å². The number of ketones is 1. The number of aryl methyl sites for hydroxylation is 1. The van der Waals surface area contributed by atoms with Crippen molar-refractivity contribution in [3.05, 3.63) is 38.6 Å². The van der Waals surface area contributed by atoms with Crippen LogP contribution in [0.4, 0.5) is 0 Å². The normalized spacial score (nSPS) is 13.3. The highest BCUT2D eigenvalue weighted by Crippen LogP contribution is 2.44. The maximum absolute atomic E-state index is 12.0. The molecule has 1 aliphatic rings. The van der Waals surface area contributed by atoms with Gasteiger partial charge in [0.2, 0.25) is 0 Å². The highest BCUT2D eigenvalue weighted by atomic mass is 32.1. The molecule has 0 radical (unpaired) electrons. The van der Waals surface area contributed by atoms with Crippen LogP contribution in [-0.4, -0.2) is 5.78 Å². The van der Waals surface area contributed by atoms with E-state index in [4.69, 9.17) is 10.5 Å². The lowest BCUT2D eigenvalue weighted by Crippen LogP contribution is -1.96. The number of fused-ring (bicyclic) bond motifs is 1. The van der Waals surface area contributed by atoms with E-state index in [2.05, 4.69) is 6.58 Å². The van der Waals surface area contributed by atoms with E-state index in [9.17, 15) is 4.79 Å². The third-order valence-corrected chi connectivity index (χ3v) is 4.11. The van der Waals surface area contributed by atoms with Gasteiger partial charge in [-0.05, 0) is 19.4 Å². The second kappa shape index (κ2) is 3.69. The summed E-state index contributed by atoms with van der Waals surface area (Å²) in [4.78, 5) is 13.8. The average molecular weight is 240 g/mol. The molecule has 0 unspecified atom stereocenters. The van der Waals surface area contributed by atoms with Gasteiger partial charge in [-0.3, -0.25) is 4.79 Å². The van der Waals surface area contributed by atoms with Gasteiger partial charge in [0.05, 0.1) is 0 Å². The first kappa shape index (κ1) is 11.3. The second-order valence-corrected chi connectivity index (χ2v) is 4.99. The molecule has 1 aliphatic carbocycles. The number of rotatable bonds is 0. The van der Waals surface area contributed by atoms with Crippen molar-refractivity contribution in [2.24, 2.45) is 0 Å². The van der Waals surface area contributed by atoms with E-state index in [1.807, 2.05) is 26.0 Å². The van der Waals surface area contributed by atoms with Gasteiger partial charge in [0.1, 0.15) is 17.7 Å². The fourth-order valence-electron chi connectivity index (χ4n) is 1.88. The smallest absolute Gasteiger partial charge is 0.194 e. The zero-order valence-electron chi connectivity index (χ0n) is 9.42. The van der Waals surface area contributed by atoms with Crippen molar-refractivity contribution in [2.45, 2.75) is 13.8 Å². The van der Waals surface area contributed by atoms with Crippen molar-refractivity contribution in [1.82, 2.24) is 0 Å². The Morgan fingerprint density at radius 3 is 2.41 bits per heavy atom. The number of hydrogen-bond donors (Lipinski definition) is 0. The van der Waals surface area contributed by atoms with E-state index in [1.54, 1.807) is 0 Å². The maximum Gasteiger partial charge on any atom is 0.194 e. The highest BCUT2D eigenvalue weighted by Gasteiger charge is 2.35. The molecule has 1 aromatic rings. The standard InChI is InChI=1S/C13H8N2OS/c1-6-8(3)17-13-10(9(4-14)5-15)7(2)12(16)11(6)13/h2H2,1,3H3. The van der Waals surface area contributed by atoms with Crippen LogP contribution in [0.1, 0.15) is 25.7 Å². The summed E-state index contributed by atoms with van der Waals surface area (Å²) in [7, 11) is 0. The van der Waals surface area contributed by atoms with Gasteiger partial charge in [0.15, 0.2) is 5.78 Å². The summed E-state index contributed by atoms with van der Waals surface area (Å²) < 4.78 is 0. The molecule has 2 rings (SSSR count). The van der Waals surface area contributed by atoms with Gasteiger partial charge in [-0.1, -0.05) is 6.58 Å². The molecule has 1 aromatic heterocycles. The topological polar surface area (TPSA) is 64.7 Å². The first-order chi connectivity index (χ1) is 8.02. The van der Waals surface area contributed by atoms with Gasteiger partial charge in [0, 0.05) is 26.5 Å². The zero-order chi connectivity index (χ0) is 12.7. The Bertz CT molecular complexity index is 661. The third-order valence-electron chi connectivity index (χ3n) is 2.89. The van der Waals surface area contributed by atoms with E-state index >= 15 is 0 Å². The Hall–Kier alpha value is -2.17. The third kappa shape index (κ3) is 1.35. The number of hydrogen-bond acceptors (Lipinski definition) is 4. The van der Waals surface area contributed by atoms with Crippen molar-refractivity contribution >= 4 is 22.7 Å². The Morgan fingerprint density at radius 1 is 1.29 bits per heavy atom. The molecular weight excluding hydrogens is 232 g/mol. The molecule has 1 heterocycles. The molecule has 0 N–H and O–H groups in total. The molecule has 0 saturated carbocycles. The van der Waals surface area contributed by atoms with Gasteiger partial charge in [-0.15, -0.1) is 11.3 Å². The van der Waals surface area contributed by atoms with Crippen LogP contribution in [0.25, 0.3) is 5.57 Å². The molecular formula is C13H8N2OS. The van der Waals surface area contributed by atoms with E-state index in [-0.39, 0.29) is 16.9 Å². The number of Topliss-reactive ketones (excluding diaryl/α,β-unsaturated/α-hetero) is 1. The Kier molecular flexibility index (Phi) is 2.46. The van der Waals surface area contributed by atoms with Crippen molar-refractivity contribution in [3.63, 3.8) is 0 Å². The summed E-state index contributed by atoms with van der Waals surface area (Å²) in [5, 5.41) is 17.8. The van der Waals surface area contributed by atoms with Crippen LogP contribution in [0.15, 0.2) is 17.7 Å². The quantitative estimate of drug-likeness (QED) is 0.517. The molecule has 0 fully saturated rings. The van der Waals surface area contributed by atoms with Crippen LogP contribution in [-0.2, 0) is 0 Å². The second-order valence-electron chi connectivity index (χ2n) is 3.77. The van der Waals surface area contributed by atoms with E-state index in [1.165, 1.54) is 11.3 Å². The fourth-order valence-corrected chi connectivity index (χ4v) is 3.12. The van der Waals surface area contributed by atoms with Crippen molar-refractivity contribution in [3.8, 4) is 12.1 Å². The number of allylic oxidation sites excluding steroid dienone is 3. The molecule has 0 amide bonds. The van der Waals surface area contributed by atoms with Crippen molar-refractivity contribution in [1.29, 1.82) is 10.5 Å². The summed E-state index contributed by atoms with van der Waals surface area (Å²) in [6, 6.07) is 3.65. The molecule has 0 atom stereocenters. The summed E-state index contributed by atoms with van der Waals surface area (Å²) in [5.74, 6) is -0.167. The number of thiophene rings is 1. The van der Waals surface area contributed by atoms with Gasteiger partial charge < -0.3 is 0 Å². The van der Waals surface area contributed by atoms with Crippen LogP contribution in [0, 0.1) is 36.5 Å². The predicted molar refractivity (Wildman–Crippen MR) is 65.4 cm³/mol. The molecule has 82 valence electrons. The molecule has 4 heteroatoms. The highest BCUT2D eigenvalue weighted by molar-refractivity contribution is 7.14. The zero-order valence-corrected chi connectivity index (χ0v) is 10.2. The summed E-state index contributed by atoms with van der Waals surface area (Å²) in [6.07, 6.45) is 0. The maximum atomic E-state index is 12.0. The van der Waals surface area contributed by atoms with Crippen LogP contribution in [0.3, 0.4) is 0 Å². The largest absolute Gasteiger partial charge is 0.289 e. The lowest BCUT2D eigenvalue weighted by molar-refractivity contribution is 0.104. The monoisotopic (exact) mass is 240 g/mol. The molecule has 0 aliphatic heterocycles. The lowest BCUT2D eigenvalue weighted by atomic mass is 10.1. The van der Waals surface area contributed by atoms with Gasteiger partial charge in [-0.25, -0.2) is 0 Å². The predicted octanol–water partition coefficient (Wildman–Crippen LogP) is 2.92. The summed E-state index contributed by atoms with van der Waals surface area (Å²) in [6.45, 7) is 7.48. The van der Waals surface area contributed by atoms with Crippen LogP contribution in [0.2, 0.25) is 0 Å².